The number of nitrogen functional groups attached to an aromatic ring is 1. The molecule has 0 unspecified atom stereocenters. The van der Waals surface area contributed by atoms with E-state index in [1.807, 2.05) is 19.2 Å². The van der Waals surface area contributed by atoms with Crippen LogP contribution in [-0.4, -0.2) is 4.98 Å². The molecule has 2 rings (SSSR count). The Bertz CT molecular complexity index is 474. The first-order valence-corrected chi connectivity index (χ1v) is 5.73. The maximum absolute atomic E-state index is 5.96. The molecule has 0 atom stereocenters. The van der Waals surface area contributed by atoms with Crippen LogP contribution in [0.5, 0.6) is 0 Å². The third-order valence-corrected chi connectivity index (χ3v) is 3.25. The molecule has 0 aliphatic heterocycles. The van der Waals surface area contributed by atoms with Crippen molar-refractivity contribution < 1.29 is 0 Å². The molecule has 0 saturated heterocycles. The summed E-state index contributed by atoms with van der Waals surface area (Å²) in [7, 11) is 0. The van der Waals surface area contributed by atoms with Crippen molar-refractivity contribution in [2.24, 2.45) is 0 Å². The van der Waals surface area contributed by atoms with E-state index in [2.05, 4.69) is 24.0 Å². The van der Waals surface area contributed by atoms with Gasteiger partial charge < -0.3 is 5.73 Å². The lowest BCUT2D eigenvalue weighted by Gasteiger charge is -2.04. The standard InChI is InChI=1S/C12H14N2S/c1-8-3-4-10(12(13)5-8)6-11-7-14-9(2)15-11/h3-5,7H,6,13H2,1-2H3. The molecule has 0 amide bonds. The summed E-state index contributed by atoms with van der Waals surface area (Å²) >= 11 is 1.73. The number of rotatable bonds is 2. The molecular weight excluding hydrogens is 204 g/mol. The molecule has 78 valence electrons. The molecule has 2 aromatic rings. The van der Waals surface area contributed by atoms with Gasteiger partial charge in [-0.1, -0.05) is 12.1 Å². The number of aryl methyl sites for hydroxylation is 2. The molecule has 15 heavy (non-hydrogen) atoms. The highest BCUT2D eigenvalue weighted by Crippen LogP contribution is 2.21. The van der Waals surface area contributed by atoms with E-state index in [1.54, 1.807) is 11.3 Å². The van der Waals surface area contributed by atoms with Gasteiger partial charge in [0.25, 0.3) is 0 Å². The summed E-state index contributed by atoms with van der Waals surface area (Å²) in [6, 6.07) is 6.21. The number of hydrogen-bond acceptors (Lipinski definition) is 3. The molecule has 1 heterocycles. The van der Waals surface area contributed by atoms with E-state index in [-0.39, 0.29) is 0 Å². The Balaban J connectivity index is 2.24. The smallest absolute Gasteiger partial charge is 0.0896 e. The second kappa shape index (κ2) is 4.03. The van der Waals surface area contributed by atoms with Crippen LogP contribution >= 0.6 is 11.3 Å². The van der Waals surface area contributed by atoms with E-state index in [9.17, 15) is 0 Å². The first-order chi connectivity index (χ1) is 7.15. The maximum Gasteiger partial charge on any atom is 0.0896 e. The predicted octanol–water partition coefficient (Wildman–Crippen LogP) is 2.93. The Morgan fingerprint density at radius 3 is 2.73 bits per heavy atom. The highest BCUT2D eigenvalue weighted by molar-refractivity contribution is 7.11. The van der Waals surface area contributed by atoms with Crippen molar-refractivity contribution in [3.8, 4) is 0 Å². The van der Waals surface area contributed by atoms with Gasteiger partial charge in [-0.15, -0.1) is 11.3 Å². The van der Waals surface area contributed by atoms with Gasteiger partial charge in [0.2, 0.25) is 0 Å². The number of aromatic nitrogens is 1. The number of anilines is 1. The van der Waals surface area contributed by atoms with Crippen LogP contribution in [-0.2, 0) is 6.42 Å². The predicted molar refractivity (Wildman–Crippen MR) is 65.2 cm³/mol. The molecule has 2 N–H and O–H groups in total. The van der Waals surface area contributed by atoms with Crippen LogP contribution in [0.4, 0.5) is 5.69 Å². The third-order valence-electron chi connectivity index (χ3n) is 2.34. The molecule has 0 aliphatic carbocycles. The molecule has 0 aliphatic rings. The van der Waals surface area contributed by atoms with E-state index in [4.69, 9.17) is 5.73 Å². The average molecular weight is 218 g/mol. The van der Waals surface area contributed by atoms with Crippen LogP contribution in [0.2, 0.25) is 0 Å². The van der Waals surface area contributed by atoms with Crippen LogP contribution in [0.3, 0.4) is 0 Å². The van der Waals surface area contributed by atoms with Crippen molar-refractivity contribution in [3.05, 3.63) is 45.4 Å². The van der Waals surface area contributed by atoms with Crippen molar-refractivity contribution in [2.45, 2.75) is 20.3 Å². The minimum atomic E-state index is 0.876. The second-order valence-electron chi connectivity index (χ2n) is 3.72. The Kier molecular flexibility index (Phi) is 2.73. The van der Waals surface area contributed by atoms with Gasteiger partial charge in [0.15, 0.2) is 0 Å². The number of nitrogens with two attached hydrogens (primary N) is 1. The number of nitrogens with zero attached hydrogens (tertiary/aromatic N) is 1. The second-order valence-corrected chi connectivity index (χ2v) is 5.04. The lowest BCUT2D eigenvalue weighted by atomic mass is 10.1. The number of thiazole rings is 1. The molecule has 1 aromatic carbocycles. The Morgan fingerprint density at radius 2 is 2.13 bits per heavy atom. The summed E-state index contributed by atoms with van der Waals surface area (Å²) < 4.78 is 0. The largest absolute Gasteiger partial charge is 0.398 e. The van der Waals surface area contributed by atoms with E-state index in [1.165, 1.54) is 16.0 Å². The molecule has 0 spiro atoms. The fourth-order valence-corrected chi connectivity index (χ4v) is 2.37. The summed E-state index contributed by atoms with van der Waals surface area (Å²) in [5.41, 5.74) is 9.23. The van der Waals surface area contributed by atoms with Gasteiger partial charge in [0.1, 0.15) is 0 Å². The number of benzene rings is 1. The van der Waals surface area contributed by atoms with Crippen molar-refractivity contribution in [3.63, 3.8) is 0 Å². The minimum Gasteiger partial charge on any atom is -0.398 e. The molecule has 1 aromatic heterocycles. The Morgan fingerprint density at radius 1 is 1.33 bits per heavy atom. The molecule has 0 bridgehead atoms. The maximum atomic E-state index is 5.96. The van der Waals surface area contributed by atoms with E-state index in [0.29, 0.717) is 0 Å². The van der Waals surface area contributed by atoms with Crippen LogP contribution in [0.15, 0.2) is 24.4 Å². The van der Waals surface area contributed by atoms with Crippen molar-refractivity contribution in [1.82, 2.24) is 4.98 Å². The van der Waals surface area contributed by atoms with E-state index >= 15 is 0 Å². The summed E-state index contributed by atoms with van der Waals surface area (Å²) in [5.74, 6) is 0. The average Bonchev–Trinajstić information content (AvgIpc) is 2.56. The molecule has 2 nitrogen and oxygen atoms in total. The Hall–Kier alpha value is -1.35. The minimum absolute atomic E-state index is 0.876. The van der Waals surface area contributed by atoms with Crippen molar-refractivity contribution in [1.29, 1.82) is 0 Å². The zero-order valence-electron chi connectivity index (χ0n) is 8.95. The molecular formula is C12H14N2S. The zero-order chi connectivity index (χ0) is 10.8. The molecule has 0 radical (unpaired) electrons. The van der Waals surface area contributed by atoms with Gasteiger partial charge in [0, 0.05) is 23.2 Å². The van der Waals surface area contributed by atoms with Crippen molar-refractivity contribution >= 4 is 17.0 Å². The first-order valence-electron chi connectivity index (χ1n) is 4.91. The van der Waals surface area contributed by atoms with Gasteiger partial charge in [0.05, 0.1) is 5.01 Å². The van der Waals surface area contributed by atoms with E-state index < -0.39 is 0 Å². The quantitative estimate of drug-likeness (QED) is 0.787. The third kappa shape index (κ3) is 2.36. The van der Waals surface area contributed by atoms with Gasteiger partial charge in [-0.3, -0.25) is 0 Å². The summed E-state index contributed by atoms with van der Waals surface area (Å²) in [6.45, 7) is 4.07. The lowest BCUT2D eigenvalue weighted by molar-refractivity contribution is 1.20. The summed E-state index contributed by atoms with van der Waals surface area (Å²) in [6.07, 6.45) is 2.82. The first kappa shape index (κ1) is 10.2. The van der Waals surface area contributed by atoms with Crippen LogP contribution in [0, 0.1) is 13.8 Å². The molecule has 3 heteroatoms. The highest BCUT2D eigenvalue weighted by Gasteiger charge is 2.03. The SMILES string of the molecule is Cc1ccc(Cc2cnc(C)s2)c(N)c1. The molecule has 0 fully saturated rings. The summed E-state index contributed by atoms with van der Waals surface area (Å²) in [5, 5.41) is 1.11. The normalized spacial score (nSPS) is 10.5. The Labute approximate surface area is 93.8 Å². The van der Waals surface area contributed by atoms with Crippen LogP contribution < -0.4 is 5.73 Å². The van der Waals surface area contributed by atoms with Gasteiger partial charge in [-0.2, -0.15) is 0 Å². The monoisotopic (exact) mass is 218 g/mol. The van der Waals surface area contributed by atoms with Gasteiger partial charge in [-0.25, -0.2) is 4.98 Å². The van der Waals surface area contributed by atoms with Gasteiger partial charge >= 0.3 is 0 Å². The van der Waals surface area contributed by atoms with E-state index in [0.717, 1.165) is 17.1 Å². The zero-order valence-corrected chi connectivity index (χ0v) is 9.77. The van der Waals surface area contributed by atoms with Gasteiger partial charge in [-0.05, 0) is 31.0 Å². The summed E-state index contributed by atoms with van der Waals surface area (Å²) in [4.78, 5) is 5.50. The van der Waals surface area contributed by atoms with Crippen LogP contribution in [0.1, 0.15) is 21.0 Å². The van der Waals surface area contributed by atoms with Crippen molar-refractivity contribution in [2.75, 3.05) is 5.73 Å². The van der Waals surface area contributed by atoms with Crippen LogP contribution in [0.25, 0.3) is 0 Å². The molecule has 0 saturated carbocycles. The number of hydrogen-bond donors (Lipinski definition) is 1. The highest BCUT2D eigenvalue weighted by atomic mass is 32.1. The fraction of sp³-hybridized carbons (Fsp3) is 0.250. The lowest BCUT2D eigenvalue weighted by Crippen LogP contribution is -1.94. The topological polar surface area (TPSA) is 38.9 Å². The fourth-order valence-electron chi connectivity index (χ4n) is 1.55.